The highest BCUT2D eigenvalue weighted by molar-refractivity contribution is 5.77. The number of amides is 1. The van der Waals surface area contributed by atoms with Crippen LogP contribution in [-0.2, 0) is 16.1 Å². The minimum absolute atomic E-state index is 0.0216. The highest BCUT2D eigenvalue weighted by Crippen LogP contribution is 2.19. The van der Waals surface area contributed by atoms with Crippen molar-refractivity contribution in [1.82, 2.24) is 10.2 Å². The van der Waals surface area contributed by atoms with E-state index in [4.69, 9.17) is 14.7 Å². The van der Waals surface area contributed by atoms with Gasteiger partial charge in [-0.1, -0.05) is 12.1 Å². The predicted octanol–water partition coefficient (Wildman–Crippen LogP) is 2.10. The first-order valence-corrected chi connectivity index (χ1v) is 9.45. The van der Waals surface area contributed by atoms with E-state index in [1.807, 2.05) is 24.3 Å². The molecule has 1 aromatic rings. The molecule has 0 unspecified atom stereocenters. The molecular formula is C20H27N3O3. The molecule has 3 rings (SSSR count). The monoisotopic (exact) mass is 357 g/mol. The number of hydrogen-bond acceptors (Lipinski definition) is 5. The van der Waals surface area contributed by atoms with E-state index in [9.17, 15) is 4.79 Å². The van der Waals surface area contributed by atoms with Gasteiger partial charge in [0.1, 0.15) is 5.75 Å². The fourth-order valence-electron chi connectivity index (χ4n) is 3.40. The smallest absolute Gasteiger partial charge is 0.258 e. The number of benzene rings is 1. The predicted molar refractivity (Wildman–Crippen MR) is 97.5 cm³/mol. The minimum atomic E-state index is -0.120. The number of ether oxygens (including phenoxy) is 2. The summed E-state index contributed by atoms with van der Waals surface area (Å²) in [6.45, 7) is 4.21. The Balaban J connectivity index is 1.36. The number of nitrogens with zero attached hydrogens (tertiary/aromatic N) is 2. The summed E-state index contributed by atoms with van der Waals surface area (Å²) in [7, 11) is 0. The molecule has 26 heavy (non-hydrogen) atoms. The van der Waals surface area contributed by atoms with Crippen molar-refractivity contribution in [2.75, 3.05) is 32.8 Å². The van der Waals surface area contributed by atoms with Gasteiger partial charge in [0.2, 0.25) is 0 Å². The Bertz CT molecular complexity index is 612. The second kappa shape index (κ2) is 9.56. The Morgan fingerprint density at radius 2 is 2.04 bits per heavy atom. The van der Waals surface area contributed by atoms with E-state index < -0.39 is 0 Å². The van der Waals surface area contributed by atoms with Crippen LogP contribution in [0, 0.1) is 17.2 Å². The fraction of sp³-hybridized carbons (Fsp3) is 0.600. The van der Waals surface area contributed by atoms with E-state index in [2.05, 4.69) is 16.3 Å². The lowest BCUT2D eigenvalue weighted by Crippen LogP contribution is -2.35. The third-order valence-corrected chi connectivity index (χ3v) is 5.02. The molecule has 0 aliphatic carbocycles. The number of piperidine rings is 1. The standard InChI is InChI=1S/C20H27N3O3/c21-12-16-7-9-23(10-8-16)14-17-3-5-18(6-4-17)26-15-20(24)22-13-19-2-1-11-25-19/h3-6,16,19H,1-2,7-11,13-15H2,(H,22,24)/t19-/m0/s1. The summed E-state index contributed by atoms with van der Waals surface area (Å²) in [5, 5.41) is 11.8. The number of likely N-dealkylation sites (tertiary alicyclic amines) is 1. The molecule has 2 saturated heterocycles. The first-order valence-electron chi connectivity index (χ1n) is 9.45. The van der Waals surface area contributed by atoms with Gasteiger partial charge in [-0.25, -0.2) is 0 Å². The van der Waals surface area contributed by atoms with E-state index in [1.165, 1.54) is 5.56 Å². The topological polar surface area (TPSA) is 74.6 Å². The summed E-state index contributed by atoms with van der Waals surface area (Å²) in [5.74, 6) is 0.794. The van der Waals surface area contributed by atoms with Crippen LogP contribution in [0.1, 0.15) is 31.2 Å². The summed E-state index contributed by atoms with van der Waals surface area (Å²) >= 11 is 0. The molecule has 2 aliphatic rings. The van der Waals surface area contributed by atoms with Gasteiger partial charge in [-0.05, 0) is 56.5 Å². The van der Waals surface area contributed by atoms with Gasteiger partial charge >= 0.3 is 0 Å². The molecule has 2 heterocycles. The molecule has 0 bridgehead atoms. The number of hydrogen-bond donors (Lipinski definition) is 1. The SMILES string of the molecule is N#CC1CCN(Cc2ccc(OCC(=O)NC[C@@H]3CCCO3)cc2)CC1. The Hall–Kier alpha value is -2.10. The van der Waals surface area contributed by atoms with Crippen LogP contribution in [0.25, 0.3) is 0 Å². The average molecular weight is 357 g/mol. The molecule has 140 valence electrons. The van der Waals surface area contributed by atoms with E-state index in [-0.39, 0.29) is 24.5 Å². The lowest BCUT2D eigenvalue weighted by molar-refractivity contribution is -0.123. The molecule has 6 heteroatoms. The average Bonchev–Trinajstić information content (AvgIpc) is 3.20. The summed E-state index contributed by atoms with van der Waals surface area (Å²) in [4.78, 5) is 14.2. The van der Waals surface area contributed by atoms with E-state index in [1.54, 1.807) is 0 Å². The first-order chi connectivity index (χ1) is 12.7. The third-order valence-electron chi connectivity index (χ3n) is 5.02. The number of carbonyl (C=O) groups excluding carboxylic acids is 1. The minimum Gasteiger partial charge on any atom is -0.484 e. The van der Waals surface area contributed by atoms with Crippen LogP contribution >= 0.6 is 0 Å². The van der Waals surface area contributed by atoms with Crippen molar-refractivity contribution in [3.8, 4) is 11.8 Å². The van der Waals surface area contributed by atoms with Crippen molar-refractivity contribution in [2.24, 2.45) is 5.92 Å². The summed E-state index contributed by atoms with van der Waals surface area (Å²) in [6, 6.07) is 10.3. The molecule has 1 atom stereocenters. The number of carbonyl (C=O) groups is 1. The molecule has 1 N–H and O–H groups in total. The van der Waals surface area contributed by atoms with Crippen molar-refractivity contribution in [3.05, 3.63) is 29.8 Å². The van der Waals surface area contributed by atoms with Gasteiger partial charge in [-0.3, -0.25) is 9.69 Å². The number of rotatable bonds is 7. The van der Waals surface area contributed by atoms with Crippen LogP contribution < -0.4 is 10.1 Å². The highest BCUT2D eigenvalue weighted by Gasteiger charge is 2.19. The van der Waals surface area contributed by atoms with Gasteiger partial charge in [0.15, 0.2) is 6.61 Å². The van der Waals surface area contributed by atoms with E-state index in [0.29, 0.717) is 12.3 Å². The summed E-state index contributed by atoms with van der Waals surface area (Å²) in [6.07, 6.45) is 4.14. The van der Waals surface area contributed by atoms with Gasteiger partial charge in [0, 0.05) is 25.6 Å². The molecule has 1 amide bonds. The maximum Gasteiger partial charge on any atom is 0.258 e. The lowest BCUT2D eigenvalue weighted by Gasteiger charge is -2.29. The van der Waals surface area contributed by atoms with Crippen LogP contribution in [0.5, 0.6) is 5.75 Å². The molecule has 1 aromatic carbocycles. The van der Waals surface area contributed by atoms with Crippen LogP contribution in [0.4, 0.5) is 0 Å². The molecule has 0 aromatic heterocycles. The van der Waals surface area contributed by atoms with Gasteiger partial charge in [0.05, 0.1) is 12.2 Å². The first kappa shape index (κ1) is 18.7. The van der Waals surface area contributed by atoms with Crippen molar-refractivity contribution in [2.45, 2.75) is 38.3 Å². The number of nitrogens with one attached hydrogen (secondary N) is 1. The quantitative estimate of drug-likeness (QED) is 0.809. The zero-order chi connectivity index (χ0) is 18.2. The normalized spacial score (nSPS) is 21.3. The van der Waals surface area contributed by atoms with Crippen molar-refractivity contribution in [1.29, 1.82) is 5.26 Å². The maximum atomic E-state index is 11.8. The Morgan fingerprint density at radius 1 is 1.27 bits per heavy atom. The molecule has 2 fully saturated rings. The van der Waals surface area contributed by atoms with Crippen molar-refractivity contribution < 1.29 is 14.3 Å². The van der Waals surface area contributed by atoms with Gasteiger partial charge < -0.3 is 14.8 Å². The molecule has 6 nitrogen and oxygen atoms in total. The van der Waals surface area contributed by atoms with E-state index in [0.717, 1.165) is 51.9 Å². The number of nitriles is 1. The molecular weight excluding hydrogens is 330 g/mol. The zero-order valence-electron chi connectivity index (χ0n) is 15.2. The fourth-order valence-corrected chi connectivity index (χ4v) is 3.40. The largest absolute Gasteiger partial charge is 0.484 e. The van der Waals surface area contributed by atoms with Crippen LogP contribution in [0.15, 0.2) is 24.3 Å². The van der Waals surface area contributed by atoms with Crippen LogP contribution in [-0.4, -0.2) is 49.8 Å². The second-order valence-electron chi connectivity index (χ2n) is 7.05. The molecule has 0 spiro atoms. The molecule has 2 aliphatic heterocycles. The van der Waals surface area contributed by atoms with Crippen molar-refractivity contribution >= 4 is 5.91 Å². The van der Waals surface area contributed by atoms with E-state index >= 15 is 0 Å². The summed E-state index contributed by atoms with van der Waals surface area (Å²) in [5.41, 5.74) is 1.22. The highest BCUT2D eigenvalue weighted by atomic mass is 16.5. The second-order valence-corrected chi connectivity index (χ2v) is 7.05. The van der Waals surface area contributed by atoms with Crippen molar-refractivity contribution in [3.63, 3.8) is 0 Å². The van der Waals surface area contributed by atoms with Gasteiger partial charge in [-0.2, -0.15) is 5.26 Å². The lowest BCUT2D eigenvalue weighted by atomic mass is 9.98. The van der Waals surface area contributed by atoms with Crippen LogP contribution in [0.3, 0.4) is 0 Å². The summed E-state index contributed by atoms with van der Waals surface area (Å²) < 4.78 is 11.0. The van der Waals surface area contributed by atoms with Crippen LogP contribution in [0.2, 0.25) is 0 Å². The zero-order valence-corrected chi connectivity index (χ0v) is 15.2. The molecule has 0 saturated carbocycles. The Kier molecular flexibility index (Phi) is 6.87. The third kappa shape index (κ3) is 5.72. The van der Waals surface area contributed by atoms with Gasteiger partial charge in [0.25, 0.3) is 5.91 Å². The maximum absolute atomic E-state index is 11.8. The van der Waals surface area contributed by atoms with Gasteiger partial charge in [-0.15, -0.1) is 0 Å². The molecule has 0 radical (unpaired) electrons. The Morgan fingerprint density at radius 3 is 2.69 bits per heavy atom. The Labute approximate surface area is 155 Å².